The van der Waals surface area contributed by atoms with Gasteiger partial charge in [0.2, 0.25) is 0 Å². The summed E-state index contributed by atoms with van der Waals surface area (Å²) in [6, 6.07) is 4.72. The standard InChI is InChI=1S/C9H10FNO/c1-6-3-4-8(5-9(6)10)7(2)11-12/h3-5,12H,1-2H3. The van der Waals surface area contributed by atoms with Gasteiger partial charge in [-0.25, -0.2) is 4.39 Å². The minimum Gasteiger partial charge on any atom is -0.411 e. The zero-order valence-electron chi connectivity index (χ0n) is 7.00. The smallest absolute Gasteiger partial charge is 0.126 e. The Bertz CT molecular complexity index is 320. The van der Waals surface area contributed by atoms with Crippen LogP contribution in [0.15, 0.2) is 23.4 Å². The van der Waals surface area contributed by atoms with E-state index in [1.165, 1.54) is 6.07 Å². The van der Waals surface area contributed by atoms with E-state index in [1.54, 1.807) is 26.0 Å². The molecule has 0 saturated carbocycles. The summed E-state index contributed by atoms with van der Waals surface area (Å²) < 4.78 is 12.9. The number of benzene rings is 1. The number of aryl methyl sites for hydroxylation is 1. The zero-order chi connectivity index (χ0) is 9.14. The van der Waals surface area contributed by atoms with Gasteiger partial charge in [0.25, 0.3) is 0 Å². The first-order valence-electron chi connectivity index (χ1n) is 3.60. The molecule has 2 nitrogen and oxygen atoms in total. The highest BCUT2D eigenvalue weighted by molar-refractivity contribution is 5.98. The molecule has 0 aliphatic carbocycles. The van der Waals surface area contributed by atoms with Crippen LogP contribution in [0.1, 0.15) is 18.1 Å². The van der Waals surface area contributed by atoms with E-state index in [0.29, 0.717) is 16.8 Å². The fraction of sp³-hybridized carbons (Fsp3) is 0.222. The number of halogens is 1. The zero-order valence-corrected chi connectivity index (χ0v) is 7.00. The van der Waals surface area contributed by atoms with Crippen LogP contribution in [0.2, 0.25) is 0 Å². The van der Waals surface area contributed by atoms with E-state index >= 15 is 0 Å². The van der Waals surface area contributed by atoms with Crippen LogP contribution >= 0.6 is 0 Å². The van der Waals surface area contributed by atoms with Gasteiger partial charge < -0.3 is 5.21 Å². The predicted octanol–water partition coefficient (Wildman–Crippen LogP) is 2.33. The highest BCUT2D eigenvalue weighted by Crippen LogP contribution is 2.09. The Morgan fingerprint density at radius 2 is 2.17 bits per heavy atom. The predicted molar refractivity (Wildman–Crippen MR) is 45.1 cm³/mol. The summed E-state index contributed by atoms with van der Waals surface area (Å²) in [7, 11) is 0. The van der Waals surface area contributed by atoms with Crippen LogP contribution in [0.3, 0.4) is 0 Å². The minimum absolute atomic E-state index is 0.282. The molecule has 0 bridgehead atoms. The van der Waals surface area contributed by atoms with E-state index in [1.807, 2.05) is 0 Å². The highest BCUT2D eigenvalue weighted by atomic mass is 19.1. The summed E-state index contributed by atoms with van der Waals surface area (Å²) in [5.41, 5.74) is 1.60. The Kier molecular flexibility index (Phi) is 2.43. The van der Waals surface area contributed by atoms with E-state index < -0.39 is 0 Å². The van der Waals surface area contributed by atoms with Crippen molar-refractivity contribution in [3.05, 3.63) is 35.1 Å². The molecule has 1 rings (SSSR count). The van der Waals surface area contributed by atoms with Crippen molar-refractivity contribution in [1.29, 1.82) is 0 Å². The van der Waals surface area contributed by atoms with Gasteiger partial charge in [-0.3, -0.25) is 0 Å². The van der Waals surface area contributed by atoms with Crippen LogP contribution in [0.25, 0.3) is 0 Å². The summed E-state index contributed by atoms with van der Waals surface area (Å²) in [6.07, 6.45) is 0. The van der Waals surface area contributed by atoms with Crippen molar-refractivity contribution in [1.82, 2.24) is 0 Å². The van der Waals surface area contributed by atoms with Crippen molar-refractivity contribution >= 4 is 5.71 Å². The molecule has 12 heavy (non-hydrogen) atoms. The third-order valence-corrected chi connectivity index (χ3v) is 1.74. The number of nitrogens with zero attached hydrogens (tertiary/aromatic N) is 1. The van der Waals surface area contributed by atoms with E-state index in [4.69, 9.17) is 5.21 Å². The monoisotopic (exact) mass is 167 g/mol. The second-order valence-corrected chi connectivity index (χ2v) is 2.65. The molecule has 0 atom stereocenters. The molecule has 1 N–H and O–H groups in total. The van der Waals surface area contributed by atoms with Crippen molar-refractivity contribution in [3.8, 4) is 0 Å². The first-order valence-corrected chi connectivity index (χ1v) is 3.60. The molecule has 0 spiro atoms. The van der Waals surface area contributed by atoms with Gasteiger partial charge in [0.05, 0.1) is 5.71 Å². The first-order chi connectivity index (χ1) is 5.65. The summed E-state index contributed by atoms with van der Waals surface area (Å²) in [4.78, 5) is 0. The second-order valence-electron chi connectivity index (χ2n) is 2.65. The third kappa shape index (κ3) is 1.61. The molecule has 0 aromatic heterocycles. The highest BCUT2D eigenvalue weighted by Gasteiger charge is 2.01. The van der Waals surface area contributed by atoms with Crippen molar-refractivity contribution in [2.24, 2.45) is 5.16 Å². The lowest BCUT2D eigenvalue weighted by atomic mass is 10.1. The number of oxime groups is 1. The molecule has 0 aliphatic heterocycles. The van der Waals surface area contributed by atoms with Gasteiger partial charge in [-0.05, 0) is 25.5 Å². The molecule has 0 heterocycles. The lowest BCUT2D eigenvalue weighted by molar-refractivity contribution is 0.319. The van der Waals surface area contributed by atoms with Crippen LogP contribution in [0, 0.1) is 12.7 Å². The van der Waals surface area contributed by atoms with E-state index in [2.05, 4.69) is 5.16 Å². The molecule has 1 aromatic rings. The maximum Gasteiger partial charge on any atom is 0.126 e. The van der Waals surface area contributed by atoms with E-state index in [9.17, 15) is 4.39 Å². The van der Waals surface area contributed by atoms with Gasteiger partial charge >= 0.3 is 0 Å². The van der Waals surface area contributed by atoms with Crippen molar-refractivity contribution in [3.63, 3.8) is 0 Å². The number of hydrogen-bond acceptors (Lipinski definition) is 2. The maximum atomic E-state index is 12.9. The van der Waals surface area contributed by atoms with Gasteiger partial charge in [0, 0.05) is 5.56 Å². The quantitative estimate of drug-likeness (QED) is 0.388. The summed E-state index contributed by atoms with van der Waals surface area (Å²) in [5, 5.41) is 11.4. The van der Waals surface area contributed by atoms with Crippen LogP contribution in [-0.4, -0.2) is 10.9 Å². The van der Waals surface area contributed by atoms with Gasteiger partial charge in [-0.1, -0.05) is 17.3 Å². The normalized spacial score (nSPS) is 11.8. The fourth-order valence-electron chi connectivity index (χ4n) is 0.876. The average Bonchev–Trinajstić information content (AvgIpc) is 2.08. The largest absolute Gasteiger partial charge is 0.411 e. The molecule has 0 amide bonds. The van der Waals surface area contributed by atoms with Crippen LogP contribution in [0.5, 0.6) is 0 Å². The molecule has 1 aromatic carbocycles. The molecular formula is C9H10FNO. The second kappa shape index (κ2) is 3.34. The summed E-state index contributed by atoms with van der Waals surface area (Å²) >= 11 is 0. The third-order valence-electron chi connectivity index (χ3n) is 1.74. The van der Waals surface area contributed by atoms with Crippen molar-refractivity contribution in [2.75, 3.05) is 0 Å². The lowest BCUT2D eigenvalue weighted by Crippen LogP contribution is -1.95. The van der Waals surface area contributed by atoms with E-state index in [0.717, 1.165) is 0 Å². The van der Waals surface area contributed by atoms with Gasteiger partial charge in [0.1, 0.15) is 5.82 Å². The molecule has 0 radical (unpaired) electrons. The Morgan fingerprint density at radius 1 is 1.50 bits per heavy atom. The van der Waals surface area contributed by atoms with Gasteiger partial charge in [-0.2, -0.15) is 0 Å². The molecule has 64 valence electrons. The Balaban J connectivity index is 3.13. The van der Waals surface area contributed by atoms with Crippen molar-refractivity contribution in [2.45, 2.75) is 13.8 Å². The van der Waals surface area contributed by atoms with Crippen LogP contribution < -0.4 is 0 Å². The molecule has 0 aliphatic rings. The molecule has 0 unspecified atom stereocenters. The Hall–Kier alpha value is -1.38. The fourth-order valence-corrected chi connectivity index (χ4v) is 0.876. The van der Waals surface area contributed by atoms with Gasteiger partial charge in [0.15, 0.2) is 0 Å². The van der Waals surface area contributed by atoms with Gasteiger partial charge in [-0.15, -0.1) is 0 Å². The molecule has 0 saturated heterocycles. The molecule has 3 heteroatoms. The van der Waals surface area contributed by atoms with Crippen molar-refractivity contribution < 1.29 is 9.60 Å². The number of rotatable bonds is 1. The topological polar surface area (TPSA) is 32.6 Å². The number of hydrogen-bond donors (Lipinski definition) is 1. The van der Waals surface area contributed by atoms with E-state index in [-0.39, 0.29) is 5.82 Å². The Morgan fingerprint density at radius 3 is 2.67 bits per heavy atom. The maximum absolute atomic E-state index is 12.9. The Labute approximate surface area is 70.3 Å². The first kappa shape index (κ1) is 8.71. The average molecular weight is 167 g/mol. The molecular weight excluding hydrogens is 157 g/mol. The summed E-state index contributed by atoms with van der Waals surface area (Å²) in [5.74, 6) is -0.282. The van der Waals surface area contributed by atoms with Crippen LogP contribution in [-0.2, 0) is 0 Å². The summed E-state index contributed by atoms with van der Waals surface area (Å²) in [6.45, 7) is 3.30. The lowest BCUT2D eigenvalue weighted by Gasteiger charge is -2.00. The van der Waals surface area contributed by atoms with Crippen LogP contribution in [0.4, 0.5) is 4.39 Å². The minimum atomic E-state index is -0.282. The SMILES string of the molecule is CC(=NO)c1ccc(C)c(F)c1. The molecule has 0 fully saturated rings.